The van der Waals surface area contributed by atoms with E-state index < -0.39 is 0 Å². The minimum absolute atomic E-state index is 0.428. The fraction of sp³-hybridized carbons (Fsp3) is 0.571. The van der Waals surface area contributed by atoms with E-state index in [1.807, 2.05) is 0 Å². The summed E-state index contributed by atoms with van der Waals surface area (Å²) >= 11 is 4.35. The Morgan fingerprint density at radius 1 is 1.24 bits per heavy atom. The number of methoxy groups -OCH3 is 1. The lowest BCUT2D eigenvalue weighted by atomic mass is 9.94. The maximum atomic E-state index is 5.35. The lowest BCUT2D eigenvalue weighted by molar-refractivity contribution is 0.292. The minimum atomic E-state index is 0.428. The van der Waals surface area contributed by atoms with Gasteiger partial charge in [-0.05, 0) is 62.9 Å². The van der Waals surface area contributed by atoms with Crippen LogP contribution in [0, 0.1) is 13.8 Å². The smallest absolute Gasteiger partial charge is 0.122 e. The summed E-state index contributed by atoms with van der Waals surface area (Å²) in [5, 5.41) is 0. The highest BCUT2D eigenvalue weighted by molar-refractivity contribution is 7.80. The van der Waals surface area contributed by atoms with Crippen LogP contribution in [0.3, 0.4) is 0 Å². The van der Waals surface area contributed by atoms with Crippen LogP contribution in [0.5, 0.6) is 5.75 Å². The minimum Gasteiger partial charge on any atom is -0.496 e. The average Bonchev–Trinajstić information content (AvgIpc) is 2.30. The van der Waals surface area contributed by atoms with Gasteiger partial charge in [-0.1, -0.05) is 6.07 Å². The fourth-order valence-electron chi connectivity index (χ4n) is 2.21. The van der Waals surface area contributed by atoms with E-state index >= 15 is 0 Å². The van der Waals surface area contributed by atoms with Crippen molar-refractivity contribution >= 4 is 12.6 Å². The molecule has 1 atom stereocenters. The predicted molar refractivity (Wildman–Crippen MR) is 77.4 cm³/mol. The van der Waals surface area contributed by atoms with Crippen molar-refractivity contribution in [3.63, 3.8) is 0 Å². The molecule has 0 fully saturated rings. The number of thiol groups is 1. The molecule has 17 heavy (non-hydrogen) atoms. The Balaban J connectivity index is 3.16. The van der Waals surface area contributed by atoms with Crippen LogP contribution in [0.1, 0.15) is 29.2 Å². The standard InChI is InChI=1S/C14H23NOS/c1-10-11(2)14(16-5)7-6-12(10)13(8-9-17)15(3)4/h6-7,13,17H,8-9H2,1-5H3. The number of rotatable bonds is 5. The number of hydrogen-bond acceptors (Lipinski definition) is 3. The molecule has 3 heteroatoms. The molecular weight excluding hydrogens is 230 g/mol. The first-order valence-electron chi connectivity index (χ1n) is 5.94. The van der Waals surface area contributed by atoms with E-state index in [9.17, 15) is 0 Å². The Labute approximate surface area is 110 Å². The van der Waals surface area contributed by atoms with Crippen molar-refractivity contribution in [2.45, 2.75) is 26.3 Å². The quantitative estimate of drug-likeness (QED) is 0.809. The molecule has 1 unspecified atom stereocenters. The molecule has 0 bridgehead atoms. The molecule has 1 aromatic rings. The molecule has 0 heterocycles. The summed E-state index contributed by atoms with van der Waals surface area (Å²) in [4.78, 5) is 2.25. The maximum Gasteiger partial charge on any atom is 0.122 e. The SMILES string of the molecule is COc1ccc(C(CCS)N(C)C)c(C)c1C. The normalized spacial score (nSPS) is 12.9. The van der Waals surface area contributed by atoms with E-state index in [-0.39, 0.29) is 0 Å². The van der Waals surface area contributed by atoms with E-state index in [0.717, 1.165) is 17.9 Å². The summed E-state index contributed by atoms with van der Waals surface area (Å²) in [5.74, 6) is 1.86. The zero-order chi connectivity index (χ0) is 13.0. The van der Waals surface area contributed by atoms with Crippen molar-refractivity contribution in [2.75, 3.05) is 27.0 Å². The number of nitrogens with zero attached hydrogens (tertiary/aromatic N) is 1. The Kier molecular flexibility index (Phi) is 5.34. The van der Waals surface area contributed by atoms with Crippen LogP contribution in [0.2, 0.25) is 0 Å². The molecule has 0 aliphatic carbocycles. The topological polar surface area (TPSA) is 12.5 Å². The van der Waals surface area contributed by atoms with Gasteiger partial charge in [0.2, 0.25) is 0 Å². The van der Waals surface area contributed by atoms with Gasteiger partial charge in [0.25, 0.3) is 0 Å². The number of hydrogen-bond donors (Lipinski definition) is 1. The molecule has 2 nitrogen and oxygen atoms in total. The predicted octanol–water partition coefficient (Wildman–Crippen LogP) is 3.23. The molecule has 0 N–H and O–H groups in total. The van der Waals surface area contributed by atoms with Crippen molar-refractivity contribution < 1.29 is 4.74 Å². The van der Waals surface area contributed by atoms with Gasteiger partial charge in [-0.25, -0.2) is 0 Å². The third-order valence-corrected chi connectivity index (χ3v) is 3.64. The van der Waals surface area contributed by atoms with Gasteiger partial charge in [0.1, 0.15) is 5.75 Å². The molecule has 0 saturated heterocycles. The molecule has 0 spiro atoms. The van der Waals surface area contributed by atoms with Gasteiger partial charge < -0.3 is 9.64 Å². The number of benzene rings is 1. The van der Waals surface area contributed by atoms with Crippen LogP contribution in [0.25, 0.3) is 0 Å². The Morgan fingerprint density at radius 2 is 1.88 bits per heavy atom. The first kappa shape index (κ1) is 14.4. The van der Waals surface area contributed by atoms with E-state index in [0.29, 0.717) is 6.04 Å². The molecule has 1 aromatic carbocycles. The van der Waals surface area contributed by atoms with Gasteiger partial charge in [0.15, 0.2) is 0 Å². The van der Waals surface area contributed by atoms with Crippen LogP contribution >= 0.6 is 12.6 Å². The van der Waals surface area contributed by atoms with Crippen LogP contribution in [0.15, 0.2) is 12.1 Å². The summed E-state index contributed by atoms with van der Waals surface area (Å²) in [5.41, 5.74) is 3.93. The summed E-state index contributed by atoms with van der Waals surface area (Å²) in [6.07, 6.45) is 1.06. The van der Waals surface area contributed by atoms with Crippen molar-refractivity contribution in [1.29, 1.82) is 0 Å². The molecule has 0 aromatic heterocycles. The van der Waals surface area contributed by atoms with Crippen LogP contribution < -0.4 is 4.74 Å². The third-order valence-electron chi connectivity index (χ3n) is 3.38. The van der Waals surface area contributed by atoms with E-state index in [1.54, 1.807) is 7.11 Å². The molecule has 96 valence electrons. The lowest BCUT2D eigenvalue weighted by Crippen LogP contribution is -2.21. The van der Waals surface area contributed by atoms with Crippen LogP contribution in [-0.4, -0.2) is 31.9 Å². The molecule has 0 aliphatic rings. The molecule has 0 aliphatic heterocycles. The van der Waals surface area contributed by atoms with Crippen molar-refractivity contribution in [2.24, 2.45) is 0 Å². The fourth-order valence-corrected chi connectivity index (χ4v) is 2.46. The van der Waals surface area contributed by atoms with Gasteiger partial charge in [-0.3, -0.25) is 0 Å². The lowest BCUT2D eigenvalue weighted by Gasteiger charge is -2.27. The molecule has 0 radical (unpaired) electrons. The van der Waals surface area contributed by atoms with Gasteiger partial charge in [-0.15, -0.1) is 0 Å². The van der Waals surface area contributed by atoms with Gasteiger partial charge >= 0.3 is 0 Å². The zero-order valence-electron chi connectivity index (χ0n) is 11.4. The van der Waals surface area contributed by atoms with E-state index in [4.69, 9.17) is 4.74 Å². The van der Waals surface area contributed by atoms with Crippen molar-refractivity contribution in [1.82, 2.24) is 4.90 Å². The molecule has 1 rings (SSSR count). The van der Waals surface area contributed by atoms with Crippen LogP contribution in [-0.2, 0) is 0 Å². The Hall–Kier alpha value is -0.670. The average molecular weight is 253 g/mol. The van der Waals surface area contributed by atoms with E-state index in [2.05, 4.69) is 57.6 Å². The van der Waals surface area contributed by atoms with Crippen LogP contribution in [0.4, 0.5) is 0 Å². The first-order chi connectivity index (χ1) is 8.02. The van der Waals surface area contributed by atoms with Gasteiger partial charge in [-0.2, -0.15) is 12.6 Å². The highest BCUT2D eigenvalue weighted by atomic mass is 32.1. The summed E-state index contributed by atoms with van der Waals surface area (Å²) in [6, 6.07) is 4.67. The Morgan fingerprint density at radius 3 is 2.35 bits per heavy atom. The molecule has 0 saturated carbocycles. The molecule has 0 amide bonds. The second kappa shape index (κ2) is 6.31. The van der Waals surface area contributed by atoms with Gasteiger partial charge in [0, 0.05) is 6.04 Å². The Bertz CT molecular complexity index is 377. The molecular formula is C14H23NOS. The second-order valence-corrected chi connectivity index (χ2v) is 5.05. The first-order valence-corrected chi connectivity index (χ1v) is 6.57. The third kappa shape index (κ3) is 3.17. The monoisotopic (exact) mass is 253 g/mol. The van der Waals surface area contributed by atoms with E-state index in [1.165, 1.54) is 16.7 Å². The van der Waals surface area contributed by atoms with Crippen molar-refractivity contribution in [3.8, 4) is 5.75 Å². The highest BCUT2D eigenvalue weighted by Gasteiger charge is 2.17. The summed E-state index contributed by atoms with van der Waals surface area (Å²) < 4.78 is 5.35. The van der Waals surface area contributed by atoms with Crippen molar-refractivity contribution in [3.05, 3.63) is 28.8 Å². The summed E-state index contributed by atoms with van der Waals surface area (Å²) in [7, 11) is 5.96. The largest absolute Gasteiger partial charge is 0.496 e. The number of ether oxygens (including phenoxy) is 1. The van der Waals surface area contributed by atoms with Gasteiger partial charge in [0.05, 0.1) is 7.11 Å². The second-order valence-electron chi connectivity index (χ2n) is 4.60. The zero-order valence-corrected chi connectivity index (χ0v) is 12.3. The summed E-state index contributed by atoms with van der Waals surface area (Å²) in [6.45, 7) is 4.29. The highest BCUT2D eigenvalue weighted by Crippen LogP contribution is 2.31. The maximum absolute atomic E-state index is 5.35.